The molecule has 1 fully saturated rings. The number of carbonyl (C=O) groups is 2. The molecule has 1 aromatic heterocycles. The maximum atomic E-state index is 11.9. The van der Waals surface area contributed by atoms with Crippen LogP contribution in [-0.2, 0) is 20.8 Å². The fourth-order valence-electron chi connectivity index (χ4n) is 2.63. The highest BCUT2D eigenvalue weighted by atomic mass is 32.1. The summed E-state index contributed by atoms with van der Waals surface area (Å²) in [7, 11) is 0. The smallest absolute Gasteiger partial charge is 0.356 e. The highest BCUT2D eigenvalue weighted by Crippen LogP contribution is 2.22. The van der Waals surface area contributed by atoms with Crippen molar-refractivity contribution in [1.82, 2.24) is 9.88 Å². The van der Waals surface area contributed by atoms with Crippen molar-refractivity contribution in [3.05, 3.63) is 20.2 Å². The highest BCUT2D eigenvalue weighted by molar-refractivity contribution is 7.09. The standard InChI is InChI=1S/C15H22N2O5S/c1-3-21-13(18)10-5-7-17(8-6-10)9-11-12(14(19)22-4-2)16-15(20)23-11/h10H,3-9H2,1-2H3,(H,16,20). The summed E-state index contributed by atoms with van der Waals surface area (Å²) in [4.78, 5) is 40.3. The molecule has 2 rings (SSSR count). The molecular weight excluding hydrogens is 320 g/mol. The number of hydrogen-bond acceptors (Lipinski definition) is 7. The summed E-state index contributed by atoms with van der Waals surface area (Å²) in [6, 6.07) is 0. The number of esters is 2. The number of aromatic nitrogens is 1. The van der Waals surface area contributed by atoms with Crippen molar-refractivity contribution < 1.29 is 19.1 Å². The average Bonchev–Trinajstić information content (AvgIpc) is 2.89. The van der Waals surface area contributed by atoms with Crippen LogP contribution in [0.4, 0.5) is 0 Å². The van der Waals surface area contributed by atoms with Crippen LogP contribution < -0.4 is 4.87 Å². The molecule has 1 N–H and O–H groups in total. The molecule has 0 saturated carbocycles. The quantitative estimate of drug-likeness (QED) is 0.786. The van der Waals surface area contributed by atoms with E-state index in [0.717, 1.165) is 37.3 Å². The zero-order valence-electron chi connectivity index (χ0n) is 13.4. The van der Waals surface area contributed by atoms with Crippen molar-refractivity contribution in [2.24, 2.45) is 5.92 Å². The summed E-state index contributed by atoms with van der Waals surface area (Å²) < 4.78 is 10.0. The number of aromatic amines is 1. The van der Waals surface area contributed by atoms with Gasteiger partial charge in [0.05, 0.1) is 24.0 Å². The summed E-state index contributed by atoms with van der Waals surface area (Å²) in [5, 5.41) is 0. The average molecular weight is 342 g/mol. The number of thiazole rings is 1. The van der Waals surface area contributed by atoms with Crippen molar-refractivity contribution in [2.45, 2.75) is 33.2 Å². The fraction of sp³-hybridized carbons (Fsp3) is 0.667. The zero-order chi connectivity index (χ0) is 16.8. The van der Waals surface area contributed by atoms with Crippen molar-refractivity contribution in [1.29, 1.82) is 0 Å². The van der Waals surface area contributed by atoms with Gasteiger partial charge in [-0.25, -0.2) is 4.79 Å². The van der Waals surface area contributed by atoms with Crippen molar-refractivity contribution in [3.8, 4) is 0 Å². The molecule has 0 aromatic carbocycles. The van der Waals surface area contributed by atoms with Gasteiger partial charge in [-0.1, -0.05) is 11.3 Å². The van der Waals surface area contributed by atoms with Crippen molar-refractivity contribution in [3.63, 3.8) is 0 Å². The Kier molecular flexibility index (Phi) is 6.35. The van der Waals surface area contributed by atoms with Crippen LogP contribution in [0.25, 0.3) is 0 Å². The number of nitrogens with one attached hydrogen (secondary N) is 1. The van der Waals surface area contributed by atoms with Gasteiger partial charge in [-0.15, -0.1) is 0 Å². The molecule has 1 aromatic rings. The molecule has 0 atom stereocenters. The van der Waals surface area contributed by atoms with E-state index in [0.29, 0.717) is 18.0 Å². The van der Waals surface area contributed by atoms with Gasteiger partial charge in [0.1, 0.15) is 5.69 Å². The molecule has 0 aliphatic carbocycles. The molecule has 0 amide bonds. The molecule has 1 aliphatic rings. The van der Waals surface area contributed by atoms with Gasteiger partial charge in [0.15, 0.2) is 0 Å². The first-order valence-corrected chi connectivity index (χ1v) is 8.64. The van der Waals surface area contributed by atoms with Gasteiger partial charge in [0, 0.05) is 6.54 Å². The van der Waals surface area contributed by atoms with E-state index in [1.807, 2.05) is 0 Å². The largest absolute Gasteiger partial charge is 0.466 e. The number of rotatable bonds is 6. The van der Waals surface area contributed by atoms with Crippen LogP contribution in [0.2, 0.25) is 0 Å². The first kappa shape index (κ1) is 17.7. The van der Waals surface area contributed by atoms with Crippen LogP contribution in [0, 0.1) is 5.92 Å². The SMILES string of the molecule is CCOC(=O)c1[nH]c(=O)sc1CN1CCC(C(=O)OCC)CC1. The zero-order valence-corrected chi connectivity index (χ0v) is 14.2. The molecule has 0 unspecified atom stereocenters. The summed E-state index contributed by atoms with van der Waals surface area (Å²) >= 11 is 1.03. The third-order valence-corrected chi connectivity index (χ3v) is 4.64. The number of carbonyl (C=O) groups excluding carboxylic acids is 2. The van der Waals surface area contributed by atoms with E-state index in [9.17, 15) is 14.4 Å². The highest BCUT2D eigenvalue weighted by Gasteiger charge is 2.27. The van der Waals surface area contributed by atoms with E-state index >= 15 is 0 Å². The second-order valence-corrected chi connectivity index (χ2v) is 6.40. The number of piperidine rings is 1. The fourth-order valence-corrected chi connectivity index (χ4v) is 3.49. The van der Waals surface area contributed by atoms with E-state index in [1.54, 1.807) is 13.8 Å². The molecule has 1 saturated heterocycles. The van der Waals surface area contributed by atoms with Crippen LogP contribution in [-0.4, -0.2) is 48.1 Å². The Balaban J connectivity index is 1.95. The third kappa shape index (κ3) is 4.65. The Morgan fingerprint density at radius 2 is 1.87 bits per heavy atom. The van der Waals surface area contributed by atoms with Gasteiger partial charge in [0.2, 0.25) is 0 Å². The Bertz CT molecular complexity index is 601. The Labute approximate surface area is 138 Å². The lowest BCUT2D eigenvalue weighted by Crippen LogP contribution is -2.36. The van der Waals surface area contributed by atoms with E-state index in [-0.39, 0.29) is 29.1 Å². The molecule has 2 heterocycles. The van der Waals surface area contributed by atoms with Gasteiger partial charge in [-0.05, 0) is 39.8 Å². The predicted molar refractivity (Wildman–Crippen MR) is 85.5 cm³/mol. The Morgan fingerprint density at radius 3 is 2.48 bits per heavy atom. The normalized spacial score (nSPS) is 16.3. The van der Waals surface area contributed by atoms with Crippen LogP contribution in [0.15, 0.2) is 4.79 Å². The number of likely N-dealkylation sites (tertiary alicyclic amines) is 1. The lowest BCUT2D eigenvalue weighted by Gasteiger charge is -2.30. The molecule has 0 radical (unpaired) electrons. The van der Waals surface area contributed by atoms with Crippen molar-refractivity contribution in [2.75, 3.05) is 26.3 Å². The second kappa shape index (κ2) is 8.26. The minimum absolute atomic E-state index is 0.0549. The van der Waals surface area contributed by atoms with Gasteiger partial charge in [0.25, 0.3) is 0 Å². The summed E-state index contributed by atoms with van der Waals surface area (Å²) in [5.74, 6) is -0.686. The summed E-state index contributed by atoms with van der Waals surface area (Å²) in [5.41, 5.74) is 0.245. The molecule has 128 valence electrons. The monoisotopic (exact) mass is 342 g/mol. The first-order chi connectivity index (χ1) is 11.0. The van der Waals surface area contributed by atoms with E-state index < -0.39 is 5.97 Å². The number of ether oxygens (including phenoxy) is 2. The van der Waals surface area contributed by atoms with Gasteiger partial charge in [-0.2, -0.15) is 0 Å². The minimum Gasteiger partial charge on any atom is -0.466 e. The number of H-pyrrole nitrogens is 1. The molecule has 8 heteroatoms. The maximum absolute atomic E-state index is 11.9. The number of hydrogen-bond donors (Lipinski definition) is 1. The van der Waals surface area contributed by atoms with E-state index in [4.69, 9.17) is 9.47 Å². The van der Waals surface area contributed by atoms with E-state index in [1.165, 1.54) is 0 Å². The van der Waals surface area contributed by atoms with E-state index in [2.05, 4.69) is 9.88 Å². The second-order valence-electron chi connectivity index (χ2n) is 5.34. The summed E-state index contributed by atoms with van der Waals surface area (Å²) in [6.07, 6.45) is 1.46. The van der Waals surface area contributed by atoms with Crippen LogP contribution in [0.5, 0.6) is 0 Å². The third-order valence-electron chi connectivity index (χ3n) is 3.78. The Morgan fingerprint density at radius 1 is 1.22 bits per heavy atom. The van der Waals surface area contributed by atoms with Gasteiger partial charge < -0.3 is 14.5 Å². The van der Waals surface area contributed by atoms with Crippen LogP contribution >= 0.6 is 11.3 Å². The topological polar surface area (TPSA) is 88.7 Å². The minimum atomic E-state index is -0.498. The first-order valence-electron chi connectivity index (χ1n) is 7.83. The van der Waals surface area contributed by atoms with Crippen LogP contribution in [0.3, 0.4) is 0 Å². The number of nitrogens with zero attached hydrogens (tertiary/aromatic N) is 1. The molecule has 7 nitrogen and oxygen atoms in total. The predicted octanol–water partition coefficient (Wildman–Crippen LogP) is 1.39. The molecule has 0 bridgehead atoms. The molecule has 1 aliphatic heterocycles. The lowest BCUT2D eigenvalue weighted by atomic mass is 9.97. The molecular formula is C15H22N2O5S. The Hall–Kier alpha value is -1.67. The summed E-state index contributed by atoms with van der Waals surface area (Å²) in [6.45, 7) is 6.17. The molecule has 23 heavy (non-hydrogen) atoms. The van der Waals surface area contributed by atoms with Crippen LogP contribution in [0.1, 0.15) is 42.1 Å². The van der Waals surface area contributed by atoms with Crippen molar-refractivity contribution >= 4 is 23.3 Å². The maximum Gasteiger partial charge on any atom is 0.356 e. The molecule has 0 spiro atoms. The van der Waals surface area contributed by atoms with Gasteiger partial charge >= 0.3 is 16.8 Å². The lowest BCUT2D eigenvalue weighted by molar-refractivity contribution is -0.149. The van der Waals surface area contributed by atoms with Gasteiger partial charge in [-0.3, -0.25) is 14.5 Å².